The largest absolute Gasteiger partial charge is 0.269 e. The molecule has 0 spiro atoms. The summed E-state index contributed by atoms with van der Waals surface area (Å²) in [4.78, 5) is 24.0. The number of halogens is 1. The minimum absolute atomic E-state index is 0.332. The second kappa shape index (κ2) is 3.89. The number of nitrogens with zero attached hydrogens (tertiary/aromatic N) is 1. The molecule has 82 valence electrons. The Kier molecular flexibility index (Phi) is 2.56. The maximum absolute atomic E-state index is 12.7. The van der Waals surface area contributed by atoms with Gasteiger partial charge in [-0.2, -0.15) is 0 Å². The minimum Gasteiger partial charge on any atom is -0.269 e. The van der Waals surface area contributed by atoms with Crippen molar-refractivity contribution in [3.05, 3.63) is 47.8 Å². The Morgan fingerprint density at radius 1 is 1.06 bits per heavy atom. The Balaban J connectivity index is 2.25. The van der Waals surface area contributed by atoms with E-state index in [1.165, 1.54) is 24.3 Å². The van der Waals surface area contributed by atoms with E-state index in [0.717, 1.165) is 10.5 Å². The molecule has 1 heterocycles. The fourth-order valence-electron chi connectivity index (χ4n) is 1.68. The summed E-state index contributed by atoms with van der Waals surface area (Å²) in [6, 6.07) is 5.38. The van der Waals surface area contributed by atoms with Crippen LogP contribution in [0.1, 0.15) is 18.5 Å². The van der Waals surface area contributed by atoms with Crippen LogP contribution in [-0.4, -0.2) is 16.7 Å². The normalized spacial score (nSPS) is 17.0. The summed E-state index contributed by atoms with van der Waals surface area (Å²) in [5.74, 6) is -1.00. The predicted octanol–water partition coefficient (Wildman–Crippen LogP) is 1.81. The summed E-state index contributed by atoms with van der Waals surface area (Å²) in [5, 5.41) is 0. The maximum Gasteiger partial charge on any atom is 0.254 e. The van der Waals surface area contributed by atoms with Gasteiger partial charge in [0, 0.05) is 12.2 Å². The van der Waals surface area contributed by atoms with E-state index in [2.05, 4.69) is 0 Å². The van der Waals surface area contributed by atoms with Gasteiger partial charge in [-0.1, -0.05) is 12.1 Å². The van der Waals surface area contributed by atoms with Crippen LogP contribution in [-0.2, 0) is 9.59 Å². The number of amides is 2. The van der Waals surface area contributed by atoms with Crippen molar-refractivity contribution >= 4 is 11.8 Å². The molecule has 0 aliphatic carbocycles. The molecule has 2 rings (SSSR count). The highest BCUT2D eigenvalue weighted by molar-refractivity contribution is 6.13. The van der Waals surface area contributed by atoms with Gasteiger partial charge in [0.05, 0.1) is 6.04 Å². The second-order valence-electron chi connectivity index (χ2n) is 3.61. The van der Waals surface area contributed by atoms with Crippen molar-refractivity contribution in [2.24, 2.45) is 0 Å². The molecule has 1 aromatic carbocycles. The van der Waals surface area contributed by atoms with Crippen molar-refractivity contribution < 1.29 is 14.0 Å². The molecule has 1 atom stereocenters. The molecule has 16 heavy (non-hydrogen) atoms. The van der Waals surface area contributed by atoms with Crippen LogP contribution in [0.15, 0.2) is 36.4 Å². The van der Waals surface area contributed by atoms with Crippen LogP contribution in [0.4, 0.5) is 4.39 Å². The zero-order valence-corrected chi connectivity index (χ0v) is 8.68. The van der Waals surface area contributed by atoms with Gasteiger partial charge in [0.15, 0.2) is 0 Å². The number of rotatable bonds is 2. The quantitative estimate of drug-likeness (QED) is 0.711. The highest BCUT2D eigenvalue weighted by atomic mass is 19.1. The Hall–Kier alpha value is -1.97. The van der Waals surface area contributed by atoms with E-state index < -0.39 is 0 Å². The van der Waals surface area contributed by atoms with Crippen molar-refractivity contribution in [2.45, 2.75) is 13.0 Å². The average Bonchev–Trinajstić information content (AvgIpc) is 2.59. The number of hydrogen-bond donors (Lipinski definition) is 0. The predicted molar refractivity (Wildman–Crippen MR) is 55.8 cm³/mol. The molecule has 2 amide bonds. The van der Waals surface area contributed by atoms with Gasteiger partial charge in [0.2, 0.25) is 0 Å². The third-order valence-corrected chi connectivity index (χ3v) is 2.58. The molecule has 0 unspecified atom stereocenters. The van der Waals surface area contributed by atoms with E-state index in [1.807, 2.05) is 0 Å². The summed E-state index contributed by atoms with van der Waals surface area (Å²) in [5.41, 5.74) is 0.729. The molecule has 1 aliphatic heterocycles. The van der Waals surface area contributed by atoms with Gasteiger partial charge in [-0.25, -0.2) is 4.39 Å². The lowest BCUT2D eigenvalue weighted by molar-refractivity contribution is -0.139. The highest BCUT2D eigenvalue weighted by Crippen LogP contribution is 2.23. The first-order valence-electron chi connectivity index (χ1n) is 4.90. The van der Waals surface area contributed by atoms with E-state index in [0.29, 0.717) is 0 Å². The van der Waals surface area contributed by atoms with E-state index in [9.17, 15) is 14.0 Å². The fourth-order valence-corrected chi connectivity index (χ4v) is 1.68. The molecule has 0 radical (unpaired) electrons. The summed E-state index contributed by atoms with van der Waals surface area (Å²) < 4.78 is 12.7. The molecule has 0 saturated heterocycles. The molecule has 1 aromatic rings. The van der Waals surface area contributed by atoms with Gasteiger partial charge >= 0.3 is 0 Å². The standard InChI is InChI=1S/C12H10FNO2/c1-8(9-2-4-10(13)5-3-9)14-11(15)6-7-12(14)16/h2-8H,1H3/t8-/m0/s1. The van der Waals surface area contributed by atoms with Crippen LogP contribution >= 0.6 is 0 Å². The zero-order valence-electron chi connectivity index (χ0n) is 8.68. The molecule has 0 aromatic heterocycles. The monoisotopic (exact) mass is 219 g/mol. The van der Waals surface area contributed by atoms with Crippen LogP contribution in [0.5, 0.6) is 0 Å². The maximum atomic E-state index is 12.7. The van der Waals surface area contributed by atoms with Crippen molar-refractivity contribution in [1.29, 1.82) is 0 Å². The van der Waals surface area contributed by atoms with Crippen molar-refractivity contribution in [2.75, 3.05) is 0 Å². The molecular weight excluding hydrogens is 209 g/mol. The van der Waals surface area contributed by atoms with Crippen molar-refractivity contribution in [3.8, 4) is 0 Å². The third kappa shape index (κ3) is 1.74. The number of carbonyl (C=O) groups is 2. The topological polar surface area (TPSA) is 37.4 Å². The van der Waals surface area contributed by atoms with Crippen LogP contribution in [0.2, 0.25) is 0 Å². The molecule has 0 bridgehead atoms. The van der Waals surface area contributed by atoms with Crippen LogP contribution in [0.25, 0.3) is 0 Å². The lowest BCUT2D eigenvalue weighted by atomic mass is 10.1. The molecule has 0 saturated carbocycles. The van der Waals surface area contributed by atoms with Gasteiger partial charge in [-0.3, -0.25) is 14.5 Å². The first-order valence-corrected chi connectivity index (χ1v) is 4.90. The van der Waals surface area contributed by atoms with Gasteiger partial charge in [0.25, 0.3) is 11.8 Å². The molecule has 1 aliphatic rings. The smallest absolute Gasteiger partial charge is 0.254 e. The molecule has 3 nitrogen and oxygen atoms in total. The molecule has 4 heteroatoms. The number of benzene rings is 1. The summed E-state index contributed by atoms with van der Waals surface area (Å²) in [6.45, 7) is 1.73. The van der Waals surface area contributed by atoms with Gasteiger partial charge in [-0.15, -0.1) is 0 Å². The van der Waals surface area contributed by atoms with E-state index in [4.69, 9.17) is 0 Å². The Bertz CT molecular complexity index is 446. The number of hydrogen-bond acceptors (Lipinski definition) is 2. The Morgan fingerprint density at radius 2 is 1.56 bits per heavy atom. The van der Waals surface area contributed by atoms with Gasteiger partial charge in [0.1, 0.15) is 5.82 Å². The van der Waals surface area contributed by atoms with Crippen LogP contribution in [0, 0.1) is 5.82 Å². The fraction of sp³-hybridized carbons (Fsp3) is 0.167. The van der Waals surface area contributed by atoms with Crippen LogP contribution < -0.4 is 0 Å². The van der Waals surface area contributed by atoms with Gasteiger partial charge < -0.3 is 0 Å². The van der Waals surface area contributed by atoms with Crippen molar-refractivity contribution in [3.63, 3.8) is 0 Å². The zero-order chi connectivity index (χ0) is 11.7. The average molecular weight is 219 g/mol. The van der Waals surface area contributed by atoms with E-state index in [-0.39, 0.29) is 23.7 Å². The Morgan fingerprint density at radius 3 is 2.06 bits per heavy atom. The molecule has 0 N–H and O–H groups in total. The first-order chi connectivity index (χ1) is 7.59. The van der Waals surface area contributed by atoms with E-state index >= 15 is 0 Å². The number of imide groups is 1. The minimum atomic E-state index is -0.379. The highest BCUT2D eigenvalue weighted by Gasteiger charge is 2.29. The van der Waals surface area contributed by atoms with E-state index in [1.54, 1.807) is 19.1 Å². The second-order valence-corrected chi connectivity index (χ2v) is 3.61. The summed E-state index contributed by atoms with van der Waals surface area (Å²) in [6.07, 6.45) is 2.48. The van der Waals surface area contributed by atoms with Gasteiger partial charge in [-0.05, 0) is 24.6 Å². The van der Waals surface area contributed by atoms with Crippen LogP contribution in [0.3, 0.4) is 0 Å². The SMILES string of the molecule is C[C@@H](c1ccc(F)cc1)N1C(=O)C=CC1=O. The molecular formula is C12H10FNO2. The molecule has 0 fully saturated rings. The summed E-state index contributed by atoms with van der Waals surface area (Å²) >= 11 is 0. The lowest BCUT2D eigenvalue weighted by Gasteiger charge is -2.22. The Labute approximate surface area is 92.2 Å². The third-order valence-electron chi connectivity index (χ3n) is 2.58. The number of carbonyl (C=O) groups excluding carboxylic acids is 2. The van der Waals surface area contributed by atoms with Crippen molar-refractivity contribution in [1.82, 2.24) is 4.90 Å². The lowest BCUT2D eigenvalue weighted by Crippen LogP contribution is -2.32. The summed E-state index contributed by atoms with van der Waals surface area (Å²) in [7, 11) is 0. The first kappa shape index (κ1) is 10.5.